The maximum absolute atomic E-state index is 11.3. The highest BCUT2D eigenvalue weighted by atomic mass is 16.5. The van der Waals surface area contributed by atoms with Gasteiger partial charge in [-0.3, -0.25) is 4.79 Å². The first-order valence-electron chi connectivity index (χ1n) is 6.15. The number of hydrogen-bond donors (Lipinski definition) is 1. The van der Waals surface area contributed by atoms with Crippen molar-refractivity contribution >= 4 is 5.91 Å². The van der Waals surface area contributed by atoms with Gasteiger partial charge in [0.25, 0.3) is 0 Å². The fraction of sp³-hybridized carbons (Fsp3) is 0.769. The van der Waals surface area contributed by atoms with Crippen molar-refractivity contribution in [3.63, 3.8) is 0 Å². The lowest BCUT2D eigenvalue weighted by Crippen LogP contribution is -2.27. The van der Waals surface area contributed by atoms with Crippen LogP contribution in [0, 0.1) is 0 Å². The summed E-state index contributed by atoms with van der Waals surface area (Å²) in [4.78, 5) is 11.3. The highest BCUT2D eigenvalue weighted by Crippen LogP contribution is 2.01. The van der Waals surface area contributed by atoms with Gasteiger partial charge in [-0.1, -0.05) is 38.3 Å². The van der Waals surface area contributed by atoms with E-state index in [2.05, 4.69) is 18.8 Å². The van der Waals surface area contributed by atoms with E-state index >= 15 is 0 Å². The van der Waals surface area contributed by atoms with E-state index in [1.165, 1.54) is 12.8 Å². The van der Waals surface area contributed by atoms with Gasteiger partial charge in [-0.2, -0.15) is 0 Å². The third kappa shape index (κ3) is 11.2. The Morgan fingerprint density at radius 3 is 2.69 bits per heavy atom. The summed E-state index contributed by atoms with van der Waals surface area (Å²) in [6.07, 6.45) is 5.20. The van der Waals surface area contributed by atoms with Gasteiger partial charge in [0.1, 0.15) is 0 Å². The molecule has 0 atom stereocenters. The monoisotopic (exact) mass is 227 g/mol. The van der Waals surface area contributed by atoms with Crippen molar-refractivity contribution < 1.29 is 9.53 Å². The van der Waals surface area contributed by atoms with Crippen LogP contribution < -0.4 is 5.32 Å². The molecule has 0 rings (SSSR count). The minimum atomic E-state index is 0.134. The lowest BCUT2D eigenvalue weighted by Gasteiger charge is -2.06. The zero-order valence-electron chi connectivity index (χ0n) is 10.7. The zero-order chi connectivity index (χ0) is 12.2. The van der Waals surface area contributed by atoms with E-state index in [-0.39, 0.29) is 5.91 Å². The Morgan fingerprint density at radius 2 is 2.06 bits per heavy atom. The smallest absolute Gasteiger partial charge is 0.220 e. The molecule has 0 heterocycles. The lowest BCUT2D eigenvalue weighted by atomic mass is 10.1. The van der Waals surface area contributed by atoms with Gasteiger partial charge in [-0.15, -0.1) is 0 Å². The molecule has 0 aromatic heterocycles. The molecule has 0 radical (unpaired) electrons. The van der Waals surface area contributed by atoms with Crippen LogP contribution in [-0.2, 0) is 9.53 Å². The molecule has 0 saturated heterocycles. The van der Waals surface area contributed by atoms with Crippen LogP contribution in [0.5, 0.6) is 0 Å². The molecule has 3 nitrogen and oxygen atoms in total. The molecule has 16 heavy (non-hydrogen) atoms. The van der Waals surface area contributed by atoms with E-state index in [9.17, 15) is 4.79 Å². The van der Waals surface area contributed by atoms with Crippen molar-refractivity contribution in [2.45, 2.75) is 46.0 Å². The fourth-order valence-electron chi connectivity index (χ4n) is 1.31. The maximum atomic E-state index is 11.3. The number of ether oxygens (including phenoxy) is 1. The van der Waals surface area contributed by atoms with E-state index in [0.717, 1.165) is 18.4 Å². The molecule has 0 bridgehead atoms. The summed E-state index contributed by atoms with van der Waals surface area (Å²) in [5.41, 5.74) is 1.01. The second kappa shape index (κ2) is 10.7. The first-order chi connectivity index (χ1) is 7.66. The lowest BCUT2D eigenvalue weighted by molar-refractivity contribution is -0.121. The van der Waals surface area contributed by atoms with E-state index in [1.54, 1.807) is 0 Å². The molecule has 0 fully saturated rings. The Balaban J connectivity index is 3.20. The summed E-state index contributed by atoms with van der Waals surface area (Å²) in [6, 6.07) is 0. The molecule has 3 heteroatoms. The minimum absolute atomic E-state index is 0.134. The molecule has 0 unspecified atom stereocenters. The number of carbonyl (C=O) groups is 1. The summed E-state index contributed by atoms with van der Waals surface area (Å²) >= 11 is 0. The molecule has 0 aliphatic heterocycles. The van der Waals surface area contributed by atoms with Crippen molar-refractivity contribution in [2.75, 3.05) is 19.8 Å². The van der Waals surface area contributed by atoms with Crippen molar-refractivity contribution in [2.24, 2.45) is 0 Å². The first-order valence-corrected chi connectivity index (χ1v) is 6.15. The molecule has 0 aromatic rings. The molecule has 0 saturated carbocycles. The Kier molecular flexibility index (Phi) is 10.1. The number of amides is 1. The average Bonchev–Trinajstić information content (AvgIpc) is 2.23. The van der Waals surface area contributed by atoms with Crippen LogP contribution in [0.2, 0.25) is 0 Å². The molecule has 0 aliphatic rings. The first kappa shape index (κ1) is 15.2. The molecular formula is C13H25NO2. The molecule has 94 valence electrons. The standard InChI is InChI=1S/C13H25NO2/c1-4-5-6-7-8-13(15)14-9-10-16-11-12(2)3/h2,4-11H2,1,3H3,(H,14,15). The third-order valence-electron chi connectivity index (χ3n) is 2.17. The average molecular weight is 227 g/mol. The van der Waals surface area contributed by atoms with Gasteiger partial charge in [0.05, 0.1) is 13.2 Å². The predicted molar refractivity (Wildman–Crippen MR) is 67.4 cm³/mol. The second-order valence-electron chi connectivity index (χ2n) is 4.17. The van der Waals surface area contributed by atoms with Crippen molar-refractivity contribution in [1.82, 2.24) is 5.32 Å². The topological polar surface area (TPSA) is 38.3 Å². The van der Waals surface area contributed by atoms with Crippen LogP contribution in [0.4, 0.5) is 0 Å². The summed E-state index contributed by atoms with van der Waals surface area (Å²) in [5.74, 6) is 0.134. The largest absolute Gasteiger partial charge is 0.375 e. The molecule has 0 aromatic carbocycles. The maximum Gasteiger partial charge on any atom is 0.220 e. The van der Waals surface area contributed by atoms with Gasteiger partial charge >= 0.3 is 0 Å². The highest BCUT2D eigenvalue weighted by molar-refractivity contribution is 5.75. The Hall–Kier alpha value is -0.830. The van der Waals surface area contributed by atoms with Crippen molar-refractivity contribution in [3.05, 3.63) is 12.2 Å². The van der Waals surface area contributed by atoms with E-state index in [1.807, 2.05) is 6.92 Å². The molecule has 0 spiro atoms. The van der Waals surface area contributed by atoms with E-state index in [0.29, 0.717) is 26.2 Å². The predicted octanol–water partition coefficient (Wildman–Crippen LogP) is 2.67. The van der Waals surface area contributed by atoms with Gasteiger partial charge < -0.3 is 10.1 Å². The number of unbranched alkanes of at least 4 members (excludes halogenated alkanes) is 3. The summed E-state index contributed by atoms with van der Waals surface area (Å²) in [5, 5.41) is 2.84. The van der Waals surface area contributed by atoms with E-state index < -0.39 is 0 Å². The Morgan fingerprint density at radius 1 is 1.31 bits per heavy atom. The second-order valence-corrected chi connectivity index (χ2v) is 4.17. The zero-order valence-corrected chi connectivity index (χ0v) is 10.7. The van der Waals surface area contributed by atoms with Gasteiger partial charge in [-0.25, -0.2) is 0 Å². The van der Waals surface area contributed by atoms with Gasteiger partial charge in [0.15, 0.2) is 0 Å². The van der Waals surface area contributed by atoms with Crippen LogP contribution in [0.3, 0.4) is 0 Å². The number of rotatable bonds is 10. The number of carbonyl (C=O) groups excluding carboxylic acids is 1. The van der Waals surface area contributed by atoms with E-state index in [4.69, 9.17) is 4.74 Å². The minimum Gasteiger partial charge on any atom is -0.375 e. The van der Waals surface area contributed by atoms with Crippen LogP contribution in [0.1, 0.15) is 46.0 Å². The van der Waals surface area contributed by atoms with Gasteiger partial charge in [-0.05, 0) is 13.3 Å². The fourth-order valence-corrected chi connectivity index (χ4v) is 1.31. The molecular weight excluding hydrogens is 202 g/mol. The van der Waals surface area contributed by atoms with Crippen molar-refractivity contribution in [3.8, 4) is 0 Å². The Labute approximate surface area is 99.3 Å². The van der Waals surface area contributed by atoms with Crippen LogP contribution >= 0.6 is 0 Å². The number of nitrogens with one attached hydrogen (secondary N) is 1. The summed E-state index contributed by atoms with van der Waals surface area (Å²) < 4.78 is 5.27. The summed E-state index contributed by atoms with van der Waals surface area (Å²) in [7, 11) is 0. The SMILES string of the molecule is C=C(C)COCCNC(=O)CCCCCC. The normalized spacial score (nSPS) is 10.1. The van der Waals surface area contributed by atoms with Crippen LogP contribution in [-0.4, -0.2) is 25.7 Å². The highest BCUT2D eigenvalue weighted by Gasteiger charge is 1.99. The van der Waals surface area contributed by atoms with Crippen LogP contribution in [0.15, 0.2) is 12.2 Å². The van der Waals surface area contributed by atoms with Crippen LogP contribution in [0.25, 0.3) is 0 Å². The van der Waals surface area contributed by atoms with Crippen molar-refractivity contribution in [1.29, 1.82) is 0 Å². The molecule has 1 N–H and O–H groups in total. The quantitative estimate of drug-likeness (QED) is 0.460. The molecule has 1 amide bonds. The van der Waals surface area contributed by atoms with Gasteiger partial charge in [0, 0.05) is 13.0 Å². The Bertz CT molecular complexity index is 202. The third-order valence-corrected chi connectivity index (χ3v) is 2.17. The van der Waals surface area contributed by atoms with Gasteiger partial charge in [0.2, 0.25) is 5.91 Å². The molecule has 0 aliphatic carbocycles. The summed E-state index contributed by atoms with van der Waals surface area (Å²) in [6.45, 7) is 9.56. The number of hydrogen-bond acceptors (Lipinski definition) is 2.